The maximum absolute atomic E-state index is 12.9. The van der Waals surface area contributed by atoms with Crippen molar-refractivity contribution < 1.29 is 33.2 Å². The van der Waals surface area contributed by atoms with Crippen molar-refractivity contribution >= 4 is 22.8 Å². The maximum Gasteiger partial charge on any atom is 0.338 e. The zero-order chi connectivity index (χ0) is 26.9. The number of hydrogen-bond donors (Lipinski definition) is 0. The van der Waals surface area contributed by atoms with Gasteiger partial charge in [0.1, 0.15) is 17.2 Å². The Morgan fingerprint density at radius 3 is 1.76 bits per heavy atom. The van der Waals surface area contributed by atoms with E-state index < -0.39 is 11.6 Å². The summed E-state index contributed by atoms with van der Waals surface area (Å²) >= 11 is 0. The van der Waals surface area contributed by atoms with Gasteiger partial charge in [-0.3, -0.25) is 0 Å². The van der Waals surface area contributed by atoms with Gasteiger partial charge in [-0.1, -0.05) is 24.3 Å². The lowest BCUT2D eigenvalue weighted by molar-refractivity contribution is 0.0599. The Bertz CT molecular complexity index is 1470. The van der Waals surface area contributed by atoms with Crippen molar-refractivity contribution in [3.05, 3.63) is 95.1 Å². The lowest BCUT2D eigenvalue weighted by atomic mass is 9.82. The van der Waals surface area contributed by atoms with Crippen molar-refractivity contribution in [2.75, 3.05) is 35.5 Å². The molecular formula is C31H28O7. The van der Waals surface area contributed by atoms with Gasteiger partial charge in [-0.2, -0.15) is 0 Å². The van der Waals surface area contributed by atoms with E-state index in [2.05, 4.69) is 0 Å². The number of benzene rings is 4. The molecule has 0 spiro atoms. The van der Waals surface area contributed by atoms with Crippen LogP contribution in [0, 0.1) is 0 Å². The Morgan fingerprint density at radius 2 is 1.26 bits per heavy atom. The number of ether oxygens (including phenoxy) is 6. The van der Waals surface area contributed by atoms with Crippen LogP contribution in [0.15, 0.2) is 72.8 Å². The zero-order valence-electron chi connectivity index (χ0n) is 21.9. The van der Waals surface area contributed by atoms with Gasteiger partial charge in [0, 0.05) is 22.1 Å². The molecule has 0 aliphatic carbocycles. The Kier molecular flexibility index (Phi) is 6.59. The largest absolute Gasteiger partial charge is 0.497 e. The van der Waals surface area contributed by atoms with Gasteiger partial charge in [0.25, 0.3) is 0 Å². The van der Waals surface area contributed by atoms with E-state index in [1.165, 1.54) is 7.11 Å². The highest BCUT2D eigenvalue weighted by Crippen LogP contribution is 2.48. The summed E-state index contributed by atoms with van der Waals surface area (Å²) in [5.41, 5.74) is 1.75. The summed E-state index contributed by atoms with van der Waals surface area (Å²) in [6, 6.07) is 20.9. The molecule has 0 fully saturated rings. The highest BCUT2D eigenvalue weighted by atomic mass is 16.5. The van der Waals surface area contributed by atoms with E-state index in [0.717, 1.165) is 33.4 Å². The monoisotopic (exact) mass is 512 g/mol. The molecule has 1 heterocycles. The van der Waals surface area contributed by atoms with Gasteiger partial charge in [-0.05, 0) is 60.0 Å². The molecule has 4 aromatic rings. The summed E-state index contributed by atoms with van der Waals surface area (Å²) in [6.45, 7) is 0. The fourth-order valence-corrected chi connectivity index (χ4v) is 4.82. The number of carbonyl (C=O) groups excluding carboxylic acids is 1. The molecule has 4 aromatic carbocycles. The Balaban J connectivity index is 1.80. The van der Waals surface area contributed by atoms with Crippen LogP contribution in [0.25, 0.3) is 16.8 Å². The molecule has 0 saturated heterocycles. The van der Waals surface area contributed by atoms with Crippen molar-refractivity contribution in [3.8, 4) is 28.7 Å². The third-order valence-corrected chi connectivity index (χ3v) is 6.83. The first-order valence-electron chi connectivity index (χ1n) is 12.0. The molecule has 0 unspecified atom stereocenters. The Morgan fingerprint density at radius 1 is 0.711 bits per heavy atom. The minimum atomic E-state index is -1.01. The second-order valence-electron chi connectivity index (χ2n) is 8.71. The molecule has 0 saturated carbocycles. The smallest absolute Gasteiger partial charge is 0.338 e. The SMILES string of the molecule is COC(=O)c1cc2cc(OC)c(OC)cc2c2c1C=CC(c1ccc(OC)cc1)(c1ccc(OC)cc1)O2. The second kappa shape index (κ2) is 10.0. The van der Waals surface area contributed by atoms with Crippen LogP contribution in [-0.4, -0.2) is 41.5 Å². The number of rotatable bonds is 7. The highest BCUT2D eigenvalue weighted by molar-refractivity contribution is 6.04. The van der Waals surface area contributed by atoms with Crippen LogP contribution >= 0.6 is 0 Å². The molecule has 0 aromatic heterocycles. The predicted octanol–water partition coefficient (Wildman–Crippen LogP) is 6.01. The molecular weight excluding hydrogens is 484 g/mol. The van der Waals surface area contributed by atoms with Gasteiger partial charge in [-0.25, -0.2) is 4.79 Å². The number of fused-ring (bicyclic) bond motifs is 3. The van der Waals surface area contributed by atoms with Crippen molar-refractivity contribution in [1.82, 2.24) is 0 Å². The van der Waals surface area contributed by atoms with Gasteiger partial charge >= 0.3 is 5.97 Å². The van der Waals surface area contributed by atoms with Crippen LogP contribution in [0.3, 0.4) is 0 Å². The average Bonchev–Trinajstić information content (AvgIpc) is 2.99. The minimum Gasteiger partial charge on any atom is -0.497 e. The van der Waals surface area contributed by atoms with E-state index in [1.807, 2.05) is 72.8 Å². The Hall–Kier alpha value is -4.65. The third-order valence-electron chi connectivity index (χ3n) is 6.83. The van der Waals surface area contributed by atoms with Gasteiger partial charge < -0.3 is 28.4 Å². The lowest BCUT2D eigenvalue weighted by Gasteiger charge is -2.37. The summed E-state index contributed by atoms with van der Waals surface area (Å²) in [7, 11) is 7.77. The zero-order valence-corrected chi connectivity index (χ0v) is 21.9. The van der Waals surface area contributed by atoms with Gasteiger partial charge in [-0.15, -0.1) is 0 Å². The quantitative estimate of drug-likeness (QED) is 0.281. The molecule has 0 atom stereocenters. The van der Waals surface area contributed by atoms with Crippen LogP contribution < -0.4 is 23.7 Å². The molecule has 194 valence electrons. The average molecular weight is 513 g/mol. The van der Waals surface area contributed by atoms with E-state index in [-0.39, 0.29) is 0 Å². The number of esters is 1. The molecule has 0 bridgehead atoms. The first-order chi connectivity index (χ1) is 18.5. The standard InChI is InChI=1S/C31H28O7/c1-33-22-10-6-20(7-11-22)31(21-8-12-23(34-2)13-9-21)15-14-24-26(30(32)37-5)16-19-17-27(35-3)28(36-4)18-25(19)29(24)38-31/h6-18H,1-5H3. The predicted molar refractivity (Wildman–Crippen MR) is 145 cm³/mol. The number of hydrogen-bond acceptors (Lipinski definition) is 7. The van der Waals surface area contributed by atoms with E-state index in [9.17, 15) is 4.79 Å². The summed E-state index contributed by atoms with van der Waals surface area (Å²) in [6.07, 6.45) is 3.87. The fourth-order valence-electron chi connectivity index (χ4n) is 4.82. The molecule has 0 radical (unpaired) electrons. The van der Waals surface area contributed by atoms with Crippen LogP contribution in [-0.2, 0) is 10.3 Å². The van der Waals surface area contributed by atoms with Crippen LogP contribution in [0.5, 0.6) is 28.7 Å². The first-order valence-corrected chi connectivity index (χ1v) is 12.0. The number of methoxy groups -OCH3 is 5. The van der Waals surface area contributed by atoms with Crippen molar-refractivity contribution in [2.45, 2.75) is 5.60 Å². The molecule has 7 heteroatoms. The third kappa shape index (κ3) is 4.06. The van der Waals surface area contributed by atoms with Crippen LogP contribution in [0.2, 0.25) is 0 Å². The fraction of sp³-hybridized carbons (Fsp3) is 0.194. The van der Waals surface area contributed by atoms with Crippen LogP contribution in [0.1, 0.15) is 27.0 Å². The maximum atomic E-state index is 12.9. The molecule has 0 N–H and O–H groups in total. The lowest BCUT2D eigenvalue weighted by Crippen LogP contribution is -2.34. The molecule has 7 nitrogen and oxygen atoms in total. The molecule has 5 rings (SSSR count). The van der Waals surface area contributed by atoms with Crippen molar-refractivity contribution in [1.29, 1.82) is 0 Å². The second-order valence-corrected chi connectivity index (χ2v) is 8.71. The molecule has 0 amide bonds. The topological polar surface area (TPSA) is 72.5 Å². The normalized spacial score (nSPS) is 13.3. The van der Waals surface area contributed by atoms with Gasteiger partial charge in [0.05, 0.1) is 41.1 Å². The Labute approximate surface area is 221 Å². The molecule has 38 heavy (non-hydrogen) atoms. The number of carbonyl (C=O) groups is 1. The van der Waals surface area contributed by atoms with Gasteiger partial charge in [0.15, 0.2) is 17.1 Å². The van der Waals surface area contributed by atoms with E-state index in [0.29, 0.717) is 28.4 Å². The molecule has 1 aliphatic heterocycles. The van der Waals surface area contributed by atoms with E-state index >= 15 is 0 Å². The van der Waals surface area contributed by atoms with E-state index in [4.69, 9.17) is 28.4 Å². The minimum absolute atomic E-state index is 0.386. The summed E-state index contributed by atoms with van der Waals surface area (Å²) in [5, 5.41) is 1.51. The highest BCUT2D eigenvalue weighted by Gasteiger charge is 2.39. The summed E-state index contributed by atoms with van der Waals surface area (Å²) in [4.78, 5) is 12.9. The summed E-state index contributed by atoms with van der Waals surface area (Å²) in [5.74, 6) is 2.61. The van der Waals surface area contributed by atoms with Crippen molar-refractivity contribution in [2.24, 2.45) is 0 Å². The molecule has 1 aliphatic rings. The first kappa shape index (κ1) is 25.0. The van der Waals surface area contributed by atoms with Gasteiger partial charge in [0.2, 0.25) is 0 Å². The van der Waals surface area contributed by atoms with Crippen molar-refractivity contribution in [3.63, 3.8) is 0 Å². The summed E-state index contributed by atoms with van der Waals surface area (Å²) < 4.78 is 34.0. The van der Waals surface area contributed by atoms with E-state index in [1.54, 1.807) is 34.5 Å². The van der Waals surface area contributed by atoms with Crippen LogP contribution in [0.4, 0.5) is 0 Å².